The molecule has 2 rings (SSSR count). The Morgan fingerprint density at radius 3 is 2.71 bits per heavy atom. The van der Waals surface area contributed by atoms with Gasteiger partial charge in [-0.15, -0.1) is 0 Å². The molecule has 0 aromatic rings. The van der Waals surface area contributed by atoms with Crippen molar-refractivity contribution in [3.63, 3.8) is 0 Å². The molecule has 0 aliphatic carbocycles. The lowest BCUT2D eigenvalue weighted by Gasteiger charge is -2.32. The number of rotatable bonds is 1. The highest BCUT2D eigenvalue weighted by Crippen LogP contribution is 2.31. The third-order valence-corrected chi connectivity index (χ3v) is 4.82. The number of nitrogens with zero attached hydrogens (tertiary/aromatic N) is 2. The van der Waals surface area contributed by atoms with E-state index in [4.69, 9.17) is 5.73 Å². The minimum atomic E-state index is -2.86. The highest BCUT2D eigenvalue weighted by Gasteiger charge is 2.43. The van der Waals surface area contributed by atoms with Crippen LogP contribution in [-0.2, 0) is 9.84 Å². The first-order chi connectivity index (χ1) is 6.41. The molecule has 5 nitrogen and oxygen atoms in total. The summed E-state index contributed by atoms with van der Waals surface area (Å²) in [7, 11) is -2.86. The van der Waals surface area contributed by atoms with Gasteiger partial charge in [-0.1, -0.05) is 0 Å². The number of hydrogen-bond donors (Lipinski definition) is 1. The van der Waals surface area contributed by atoms with Gasteiger partial charge < -0.3 is 5.73 Å². The van der Waals surface area contributed by atoms with Gasteiger partial charge in [-0.25, -0.2) is 8.42 Å². The standard InChI is InChI=1S/C8H15N3O2S/c1-8(3-5-14(12,13)6-8)11-4-2-7(9)10-11/h2-6H2,1H3,(H2,9,10). The molecule has 1 fully saturated rings. The van der Waals surface area contributed by atoms with Crippen molar-refractivity contribution < 1.29 is 8.42 Å². The zero-order chi connectivity index (χ0) is 10.4. The van der Waals surface area contributed by atoms with Crippen LogP contribution in [0.5, 0.6) is 0 Å². The van der Waals surface area contributed by atoms with Crippen LogP contribution < -0.4 is 5.73 Å². The minimum absolute atomic E-state index is 0.205. The Balaban J connectivity index is 2.19. The molecule has 0 aromatic carbocycles. The number of amidine groups is 1. The summed E-state index contributed by atoms with van der Waals surface area (Å²) in [6.45, 7) is 2.69. The van der Waals surface area contributed by atoms with Crippen LogP contribution in [0.1, 0.15) is 19.8 Å². The SMILES string of the molecule is CC1(N2CCC(N)=N2)CCS(=O)(=O)C1. The van der Waals surface area contributed by atoms with E-state index in [2.05, 4.69) is 5.10 Å². The summed E-state index contributed by atoms with van der Waals surface area (Å²) in [5, 5.41) is 6.01. The van der Waals surface area contributed by atoms with Crippen molar-refractivity contribution in [2.75, 3.05) is 18.1 Å². The van der Waals surface area contributed by atoms with E-state index < -0.39 is 9.84 Å². The summed E-state index contributed by atoms with van der Waals surface area (Å²) in [6.07, 6.45) is 1.40. The quantitative estimate of drug-likeness (QED) is 0.645. The van der Waals surface area contributed by atoms with Crippen LogP contribution in [0.15, 0.2) is 5.10 Å². The fraction of sp³-hybridized carbons (Fsp3) is 0.875. The van der Waals surface area contributed by atoms with Crippen molar-refractivity contribution in [3.8, 4) is 0 Å². The molecule has 0 aromatic heterocycles. The first-order valence-electron chi connectivity index (χ1n) is 4.72. The summed E-state index contributed by atoms with van der Waals surface area (Å²) in [5.74, 6) is 1.09. The van der Waals surface area contributed by atoms with E-state index in [0.717, 1.165) is 13.0 Å². The van der Waals surface area contributed by atoms with Gasteiger partial charge in [-0.3, -0.25) is 5.01 Å². The molecule has 80 valence electrons. The molecule has 1 atom stereocenters. The molecule has 0 bridgehead atoms. The Hall–Kier alpha value is -0.780. The Morgan fingerprint density at radius 1 is 1.57 bits per heavy atom. The van der Waals surface area contributed by atoms with Crippen molar-refractivity contribution in [2.45, 2.75) is 25.3 Å². The predicted molar refractivity (Wildman–Crippen MR) is 54.6 cm³/mol. The molecule has 1 saturated heterocycles. The van der Waals surface area contributed by atoms with E-state index in [0.29, 0.717) is 12.3 Å². The lowest BCUT2D eigenvalue weighted by Crippen LogP contribution is -2.42. The lowest BCUT2D eigenvalue weighted by molar-refractivity contribution is 0.148. The molecule has 0 amide bonds. The maximum Gasteiger partial charge on any atom is 0.152 e. The molecule has 0 radical (unpaired) electrons. The third kappa shape index (κ3) is 1.58. The normalized spacial score (nSPS) is 36.1. The van der Waals surface area contributed by atoms with Crippen LogP contribution >= 0.6 is 0 Å². The Labute approximate surface area is 83.9 Å². The number of sulfone groups is 1. The van der Waals surface area contributed by atoms with Gasteiger partial charge in [0, 0.05) is 13.0 Å². The molecular weight excluding hydrogens is 202 g/mol. The molecule has 2 N–H and O–H groups in total. The predicted octanol–water partition coefficient (Wildman–Crippen LogP) is -0.458. The van der Waals surface area contributed by atoms with Crippen LogP contribution in [0.2, 0.25) is 0 Å². The van der Waals surface area contributed by atoms with E-state index >= 15 is 0 Å². The average Bonchev–Trinajstić information content (AvgIpc) is 2.57. The largest absolute Gasteiger partial charge is 0.386 e. The lowest BCUT2D eigenvalue weighted by atomic mass is 10.0. The highest BCUT2D eigenvalue weighted by atomic mass is 32.2. The average molecular weight is 217 g/mol. The molecular formula is C8H15N3O2S. The zero-order valence-electron chi connectivity index (χ0n) is 8.23. The molecule has 1 unspecified atom stereocenters. The summed E-state index contributed by atoms with van der Waals surface area (Å²) in [4.78, 5) is 0. The smallest absolute Gasteiger partial charge is 0.152 e. The molecule has 0 spiro atoms. The van der Waals surface area contributed by atoms with Gasteiger partial charge in [-0.05, 0) is 13.3 Å². The molecule has 14 heavy (non-hydrogen) atoms. The fourth-order valence-electron chi connectivity index (χ4n) is 2.06. The van der Waals surface area contributed by atoms with Gasteiger partial charge in [0.2, 0.25) is 0 Å². The fourth-order valence-corrected chi connectivity index (χ4v) is 4.20. The maximum absolute atomic E-state index is 11.4. The number of hydrazone groups is 1. The summed E-state index contributed by atoms with van der Waals surface area (Å²) < 4.78 is 22.8. The summed E-state index contributed by atoms with van der Waals surface area (Å²) >= 11 is 0. The molecule has 0 saturated carbocycles. The third-order valence-electron chi connectivity index (χ3n) is 2.93. The molecule has 2 heterocycles. The topological polar surface area (TPSA) is 75.8 Å². The molecule has 2 aliphatic heterocycles. The van der Waals surface area contributed by atoms with Gasteiger partial charge in [-0.2, -0.15) is 5.10 Å². The van der Waals surface area contributed by atoms with Crippen LogP contribution in [0.3, 0.4) is 0 Å². The molecule has 6 heteroatoms. The van der Waals surface area contributed by atoms with Gasteiger partial charge in [0.05, 0.1) is 17.0 Å². The first-order valence-corrected chi connectivity index (χ1v) is 6.54. The zero-order valence-corrected chi connectivity index (χ0v) is 9.05. The van der Waals surface area contributed by atoms with Gasteiger partial charge in [0.15, 0.2) is 9.84 Å². The van der Waals surface area contributed by atoms with E-state index in [9.17, 15) is 8.42 Å². The molecule has 2 aliphatic rings. The van der Waals surface area contributed by atoms with Crippen molar-refractivity contribution in [1.29, 1.82) is 0 Å². The highest BCUT2D eigenvalue weighted by molar-refractivity contribution is 7.91. The van der Waals surface area contributed by atoms with Crippen LogP contribution in [0.25, 0.3) is 0 Å². The second-order valence-corrected chi connectivity index (χ2v) is 6.49. The summed E-state index contributed by atoms with van der Waals surface area (Å²) in [5.41, 5.74) is 5.24. The second kappa shape index (κ2) is 2.85. The monoisotopic (exact) mass is 217 g/mol. The minimum Gasteiger partial charge on any atom is -0.386 e. The van der Waals surface area contributed by atoms with Crippen molar-refractivity contribution >= 4 is 15.7 Å². The van der Waals surface area contributed by atoms with Crippen LogP contribution in [0.4, 0.5) is 0 Å². The van der Waals surface area contributed by atoms with Gasteiger partial charge >= 0.3 is 0 Å². The van der Waals surface area contributed by atoms with Crippen LogP contribution in [0, 0.1) is 0 Å². The number of hydrogen-bond acceptors (Lipinski definition) is 5. The Morgan fingerprint density at radius 2 is 2.29 bits per heavy atom. The van der Waals surface area contributed by atoms with E-state index in [1.807, 2.05) is 11.9 Å². The van der Waals surface area contributed by atoms with Gasteiger partial charge in [0.25, 0.3) is 0 Å². The van der Waals surface area contributed by atoms with Crippen molar-refractivity contribution in [3.05, 3.63) is 0 Å². The maximum atomic E-state index is 11.4. The van der Waals surface area contributed by atoms with Crippen LogP contribution in [-0.4, -0.2) is 42.9 Å². The Kier molecular flexibility index (Phi) is 1.99. The van der Waals surface area contributed by atoms with E-state index in [1.54, 1.807) is 0 Å². The van der Waals surface area contributed by atoms with Crippen molar-refractivity contribution in [1.82, 2.24) is 5.01 Å². The van der Waals surface area contributed by atoms with Crippen molar-refractivity contribution in [2.24, 2.45) is 10.8 Å². The second-order valence-electron chi connectivity index (χ2n) is 4.30. The van der Waals surface area contributed by atoms with E-state index in [-0.39, 0.29) is 17.0 Å². The van der Waals surface area contributed by atoms with E-state index in [1.165, 1.54) is 0 Å². The summed E-state index contributed by atoms with van der Waals surface area (Å²) in [6, 6.07) is 0. The first kappa shape index (κ1) is 9.76. The number of nitrogens with two attached hydrogens (primary N) is 1. The Bertz CT molecular complexity index is 376. The van der Waals surface area contributed by atoms with Gasteiger partial charge in [0.1, 0.15) is 5.84 Å².